The number of carbonyl (C=O) groups is 1. The molecule has 3 rings (SSSR count). The molecule has 0 aliphatic heterocycles. The SMILES string of the molecule is CCOC(=O)c1nc(-c2cccs2)[nH]c1C=Cc1ccccc1. The topological polar surface area (TPSA) is 55.0 Å². The summed E-state index contributed by atoms with van der Waals surface area (Å²) in [6, 6.07) is 13.8. The zero-order valence-electron chi connectivity index (χ0n) is 12.7. The summed E-state index contributed by atoms with van der Waals surface area (Å²) in [4.78, 5) is 20.7. The molecular weight excluding hydrogens is 308 g/mol. The molecule has 0 saturated carbocycles. The van der Waals surface area contributed by atoms with E-state index in [-0.39, 0.29) is 0 Å². The highest BCUT2D eigenvalue weighted by atomic mass is 32.1. The van der Waals surface area contributed by atoms with Crippen molar-refractivity contribution in [3.05, 3.63) is 64.8 Å². The standard InChI is InChI=1S/C18H16N2O2S/c1-2-22-18(21)16-14(11-10-13-7-4-3-5-8-13)19-17(20-16)15-9-6-12-23-15/h3-12H,2H2,1H3,(H,19,20). The normalized spacial score (nSPS) is 11.0. The Morgan fingerprint density at radius 1 is 1.22 bits per heavy atom. The number of hydrogen-bond donors (Lipinski definition) is 1. The number of nitrogens with zero attached hydrogens (tertiary/aromatic N) is 1. The van der Waals surface area contributed by atoms with Crippen molar-refractivity contribution >= 4 is 29.5 Å². The molecule has 2 heterocycles. The number of rotatable bonds is 5. The summed E-state index contributed by atoms with van der Waals surface area (Å²) in [7, 11) is 0. The molecule has 1 aromatic carbocycles. The molecule has 0 amide bonds. The van der Waals surface area contributed by atoms with Crippen molar-refractivity contribution in [1.82, 2.24) is 9.97 Å². The van der Waals surface area contributed by atoms with E-state index in [9.17, 15) is 4.79 Å². The van der Waals surface area contributed by atoms with Crippen LogP contribution in [-0.2, 0) is 4.74 Å². The molecule has 0 aliphatic carbocycles. The second-order valence-corrected chi connectivity index (χ2v) is 5.74. The molecule has 3 aromatic rings. The van der Waals surface area contributed by atoms with Gasteiger partial charge in [-0.25, -0.2) is 9.78 Å². The van der Waals surface area contributed by atoms with E-state index in [1.54, 1.807) is 18.3 Å². The number of thiophene rings is 1. The van der Waals surface area contributed by atoms with Gasteiger partial charge in [-0.2, -0.15) is 0 Å². The van der Waals surface area contributed by atoms with E-state index in [2.05, 4.69) is 9.97 Å². The minimum Gasteiger partial charge on any atom is -0.461 e. The quantitative estimate of drug-likeness (QED) is 0.704. The Morgan fingerprint density at radius 2 is 2.04 bits per heavy atom. The minimum atomic E-state index is -0.417. The van der Waals surface area contributed by atoms with Crippen LogP contribution in [0.5, 0.6) is 0 Å². The summed E-state index contributed by atoms with van der Waals surface area (Å²) in [5.41, 5.74) is 2.01. The lowest BCUT2D eigenvalue weighted by molar-refractivity contribution is 0.0520. The van der Waals surface area contributed by atoms with Gasteiger partial charge in [0, 0.05) is 0 Å². The van der Waals surface area contributed by atoms with E-state index in [1.165, 1.54) is 0 Å². The van der Waals surface area contributed by atoms with E-state index in [0.29, 0.717) is 23.8 Å². The second-order valence-electron chi connectivity index (χ2n) is 4.79. The summed E-state index contributed by atoms with van der Waals surface area (Å²) in [6.07, 6.45) is 3.79. The predicted molar refractivity (Wildman–Crippen MR) is 93.2 cm³/mol. The van der Waals surface area contributed by atoms with Gasteiger partial charge >= 0.3 is 5.97 Å². The fourth-order valence-electron chi connectivity index (χ4n) is 2.14. The Morgan fingerprint density at radius 3 is 2.74 bits per heavy atom. The lowest BCUT2D eigenvalue weighted by Crippen LogP contribution is -2.06. The monoisotopic (exact) mass is 324 g/mol. The molecule has 0 fully saturated rings. The van der Waals surface area contributed by atoms with Gasteiger partial charge in [0.15, 0.2) is 5.69 Å². The Balaban J connectivity index is 1.96. The maximum absolute atomic E-state index is 12.1. The van der Waals surface area contributed by atoms with E-state index in [1.807, 2.05) is 60.0 Å². The van der Waals surface area contributed by atoms with Crippen LogP contribution in [0.2, 0.25) is 0 Å². The van der Waals surface area contributed by atoms with E-state index < -0.39 is 5.97 Å². The first-order valence-electron chi connectivity index (χ1n) is 7.32. The van der Waals surface area contributed by atoms with Crippen molar-refractivity contribution in [1.29, 1.82) is 0 Å². The lowest BCUT2D eigenvalue weighted by Gasteiger charge is -1.98. The van der Waals surface area contributed by atoms with Gasteiger partial charge in [0.2, 0.25) is 0 Å². The number of imidazole rings is 1. The molecule has 0 radical (unpaired) electrons. The highest BCUT2D eigenvalue weighted by molar-refractivity contribution is 7.13. The fraction of sp³-hybridized carbons (Fsp3) is 0.111. The van der Waals surface area contributed by atoms with Gasteiger partial charge in [-0.15, -0.1) is 11.3 Å². The van der Waals surface area contributed by atoms with Crippen LogP contribution in [0.1, 0.15) is 28.7 Å². The van der Waals surface area contributed by atoms with Crippen LogP contribution in [0.4, 0.5) is 0 Å². The van der Waals surface area contributed by atoms with Crippen LogP contribution in [0, 0.1) is 0 Å². The van der Waals surface area contributed by atoms with Crippen LogP contribution in [-0.4, -0.2) is 22.5 Å². The van der Waals surface area contributed by atoms with Crippen molar-refractivity contribution in [2.24, 2.45) is 0 Å². The number of carbonyl (C=O) groups excluding carboxylic acids is 1. The highest BCUT2D eigenvalue weighted by Crippen LogP contribution is 2.24. The molecule has 116 valence electrons. The van der Waals surface area contributed by atoms with Crippen LogP contribution in [0.15, 0.2) is 47.8 Å². The molecule has 0 aliphatic rings. The third-order valence-corrected chi connectivity index (χ3v) is 4.07. The van der Waals surface area contributed by atoms with Crippen LogP contribution < -0.4 is 0 Å². The summed E-state index contributed by atoms with van der Waals surface area (Å²) in [5.74, 6) is 0.259. The second kappa shape index (κ2) is 7.07. The summed E-state index contributed by atoms with van der Waals surface area (Å²) in [5, 5.41) is 1.97. The molecule has 1 N–H and O–H groups in total. The molecule has 0 atom stereocenters. The zero-order valence-corrected chi connectivity index (χ0v) is 13.5. The smallest absolute Gasteiger partial charge is 0.359 e. The van der Waals surface area contributed by atoms with Gasteiger partial charge in [0.05, 0.1) is 17.2 Å². The van der Waals surface area contributed by atoms with Gasteiger partial charge in [-0.1, -0.05) is 42.5 Å². The van der Waals surface area contributed by atoms with Gasteiger partial charge < -0.3 is 9.72 Å². The third-order valence-electron chi connectivity index (χ3n) is 3.20. The Bertz CT molecular complexity index is 805. The maximum atomic E-state index is 12.1. The largest absolute Gasteiger partial charge is 0.461 e. The number of hydrogen-bond acceptors (Lipinski definition) is 4. The van der Waals surface area contributed by atoms with Crippen LogP contribution >= 0.6 is 11.3 Å². The molecule has 2 aromatic heterocycles. The molecule has 0 unspecified atom stereocenters. The minimum absolute atomic E-state index is 0.308. The summed E-state index contributed by atoms with van der Waals surface area (Å²) in [6.45, 7) is 2.10. The fourth-order valence-corrected chi connectivity index (χ4v) is 2.81. The van der Waals surface area contributed by atoms with Gasteiger partial charge in [-0.3, -0.25) is 0 Å². The molecule has 0 saturated heterocycles. The van der Waals surface area contributed by atoms with Gasteiger partial charge in [-0.05, 0) is 30.0 Å². The van der Waals surface area contributed by atoms with Crippen LogP contribution in [0.3, 0.4) is 0 Å². The third kappa shape index (κ3) is 3.57. The lowest BCUT2D eigenvalue weighted by atomic mass is 10.2. The van der Waals surface area contributed by atoms with Crippen molar-refractivity contribution in [3.8, 4) is 10.7 Å². The average molecular weight is 324 g/mol. The van der Waals surface area contributed by atoms with E-state index >= 15 is 0 Å². The number of aromatic amines is 1. The van der Waals surface area contributed by atoms with E-state index in [0.717, 1.165) is 10.4 Å². The molecular formula is C18H16N2O2S. The number of esters is 1. The number of aromatic nitrogens is 2. The maximum Gasteiger partial charge on any atom is 0.359 e. The first kappa shape index (κ1) is 15.2. The first-order chi connectivity index (χ1) is 11.3. The number of H-pyrrole nitrogens is 1. The van der Waals surface area contributed by atoms with Gasteiger partial charge in [0.1, 0.15) is 5.82 Å². The zero-order chi connectivity index (χ0) is 16.1. The number of ether oxygens (including phenoxy) is 1. The molecule has 4 nitrogen and oxygen atoms in total. The van der Waals surface area contributed by atoms with Crippen LogP contribution in [0.25, 0.3) is 22.9 Å². The van der Waals surface area contributed by atoms with Crippen molar-refractivity contribution in [2.45, 2.75) is 6.92 Å². The molecule has 5 heteroatoms. The Labute approximate surface area is 138 Å². The molecule has 0 spiro atoms. The van der Waals surface area contributed by atoms with Crippen molar-refractivity contribution in [3.63, 3.8) is 0 Å². The summed E-state index contributed by atoms with van der Waals surface area (Å²) < 4.78 is 5.10. The molecule has 0 bridgehead atoms. The first-order valence-corrected chi connectivity index (χ1v) is 8.20. The van der Waals surface area contributed by atoms with E-state index in [4.69, 9.17) is 4.74 Å². The van der Waals surface area contributed by atoms with Crippen molar-refractivity contribution < 1.29 is 9.53 Å². The van der Waals surface area contributed by atoms with Crippen molar-refractivity contribution in [2.75, 3.05) is 6.61 Å². The van der Waals surface area contributed by atoms with Gasteiger partial charge in [0.25, 0.3) is 0 Å². The Kier molecular flexibility index (Phi) is 4.68. The average Bonchev–Trinajstić information content (AvgIpc) is 3.23. The predicted octanol–water partition coefficient (Wildman–Crippen LogP) is 4.49. The number of benzene rings is 1. The molecule has 23 heavy (non-hydrogen) atoms. The Hall–Kier alpha value is -2.66. The number of nitrogens with one attached hydrogen (secondary N) is 1. The summed E-state index contributed by atoms with van der Waals surface area (Å²) >= 11 is 1.57. The highest BCUT2D eigenvalue weighted by Gasteiger charge is 2.18.